The van der Waals surface area contributed by atoms with E-state index in [0.717, 1.165) is 63.9 Å². The zero-order valence-corrected chi connectivity index (χ0v) is 19.5. The quantitative estimate of drug-likeness (QED) is 0.353. The molecule has 6 nitrogen and oxygen atoms in total. The Balaban J connectivity index is 0.00000240. The summed E-state index contributed by atoms with van der Waals surface area (Å²) in [5, 5.41) is 7.53. The van der Waals surface area contributed by atoms with Gasteiger partial charge in [0.25, 0.3) is 0 Å². The largest absolute Gasteiger partial charge is 0.364 e. The van der Waals surface area contributed by atoms with Gasteiger partial charge in [-0.2, -0.15) is 0 Å². The van der Waals surface area contributed by atoms with Gasteiger partial charge in [-0.1, -0.05) is 35.5 Å². The highest BCUT2D eigenvalue weighted by atomic mass is 127. The van der Waals surface area contributed by atoms with Gasteiger partial charge >= 0.3 is 0 Å². The number of hydrogen-bond acceptors (Lipinski definition) is 4. The first-order chi connectivity index (χ1) is 13.8. The lowest BCUT2D eigenvalue weighted by molar-refractivity contribution is 0.169. The van der Waals surface area contributed by atoms with Gasteiger partial charge in [-0.25, -0.2) is 0 Å². The van der Waals surface area contributed by atoms with Crippen LogP contribution in [0.3, 0.4) is 0 Å². The molecule has 1 aromatic carbocycles. The summed E-state index contributed by atoms with van der Waals surface area (Å²) in [5.41, 5.74) is 2.81. The van der Waals surface area contributed by atoms with Gasteiger partial charge in [-0.05, 0) is 37.2 Å². The molecular weight excluding hydrogens is 477 g/mol. The molecule has 2 heterocycles. The Labute approximate surface area is 190 Å². The van der Waals surface area contributed by atoms with Crippen LogP contribution in [0.15, 0.2) is 52.2 Å². The summed E-state index contributed by atoms with van der Waals surface area (Å²) in [4.78, 5) is 9.88. The molecule has 1 N–H and O–H groups in total. The topological polar surface area (TPSA) is 56.9 Å². The van der Waals surface area contributed by atoms with E-state index in [9.17, 15) is 0 Å². The molecule has 4 rings (SSSR count). The summed E-state index contributed by atoms with van der Waals surface area (Å²) in [5.74, 6) is 1.07. The molecule has 0 amide bonds. The van der Waals surface area contributed by atoms with Crippen LogP contribution in [0.4, 0.5) is 0 Å². The van der Waals surface area contributed by atoms with Gasteiger partial charge in [-0.3, -0.25) is 9.89 Å². The Hall–Kier alpha value is -1.61. The van der Waals surface area contributed by atoms with Crippen molar-refractivity contribution in [1.29, 1.82) is 0 Å². The number of guanidine groups is 1. The summed E-state index contributed by atoms with van der Waals surface area (Å²) < 4.78 is 4.94. The molecule has 2 aromatic rings. The predicted molar refractivity (Wildman–Crippen MR) is 127 cm³/mol. The molecule has 1 aliphatic heterocycles. The number of aromatic nitrogens is 1. The minimum absolute atomic E-state index is 0. The fraction of sp³-hybridized carbons (Fsp3) is 0.545. The SMILES string of the molecule is CCNC(=NCC1(Cc2ccccc2)CC1)N1CCN(Cc2ccon2)CC1.I. The molecular formula is C22H32IN5O. The van der Waals surface area contributed by atoms with Crippen LogP contribution in [0.2, 0.25) is 0 Å². The molecule has 0 bridgehead atoms. The molecule has 1 aromatic heterocycles. The molecule has 0 radical (unpaired) electrons. The third kappa shape index (κ3) is 6.18. The number of aliphatic imine (C=N–C) groups is 1. The lowest BCUT2D eigenvalue weighted by Crippen LogP contribution is -2.52. The Bertz CT molecular complexity index is 753. The normalized spacial score (nSPS) is 18.9. The molecule has 1 aliphatic carbocycles. The summed E-state index contributed by atoms with van der Waals surface area (Å²) >= 11 is 0. The highest BCUT2D eigenvalue weighted by Crippen LogP contribution is 2.48. The lowest BCUT2D eigenvalue weighted by atomic mass is 9.97. The number of benzene rings is 1. The summed E-state index contributed by atoms with van der Waals surface area (Å²) in [6.45, 7) is 8.86. The van der Waals surface area contributed by atoms with Gasteiger partial charge in [0.05, 0.1) is 5.69 Å². The smallest absolute Gasteiger partial charge is 0.194 e. The monoisotopic (exact) mass is 509 g/mol. The van der Waals surface area contributed by atoms with E-state index in [-0.39, 0.29) is 24.0 Å². The number of nitrogens with one attached hydrogen (secondary N) is 1. The molecule has 158 valence electrons. The predicted octanol–water partition coefficient (Wildman–Crippen LogP) is 3.40. The average molecular weight is 509 g/mol. The standard InChI is InChI=1S/C22H31N5O.HI/c1-2-23-21(24-18-22(9-10-22)16-19-6-4-3-5-7-19)27-13-11-26(12-14-27)17-20-8-15-28-25-20;/h3-8,15H,2,9-14,16-18H2,1H3,(H,23,24);1H. The van der Waals surface area contributed by atoms with Crippen molar-refractivity contribution in [3.05, 3.63) is 53.9 Å². The zero-order valence-electron chi connectivity index (χ0n) is 17.2. The minimum atomic E-state index is 0. The summed E-state index contributed by atoms with van der Waals surface area (Å²) in [6, 6.07) is 12.8. The van der Waals surface area contributed by atoms with Gasteiger partial charge in [-0.15, -0.1) is 24.0 Å². The third-order valence-corrected chi connectivity index (χ3v) is 5.83. The first-order valence-electron chi connectivity index (χ1n) is 10.5. The Morgan fingerprint density at radius 3 is 2.52 bits per heavy atom. The van der Waals surface area contributed by atoms with Crippen molar-refractivity contribution in [2.24, 2.45) is 10.4 Å². The van der Waals surface area contributed by atoms with Gasteiger partial charge in [0.1, 0.15) is 6.26 Å². The minimum Gasteiger partial charge on any atom is -0.364 e. The van der Waals surface area contributed by atoms with Crippen LogP contribution in [-0.2, 0) is 13.0 Å². The average Bonchev–Trinajstić information content (AvgIpc) is 3.29. The Kier molecular flexibility index (Phi) is 7.94. The van der Waals surface area contributed by atoms with E-state index in [1.54, 1.807) is 6.26 Å². The molecule has 1 saturated heterocycles. The van der Waals surface area contributed by atoms with Crippen molar-refractivity contribution < 1.29 is 4.52 Å². The highest BCUT2D eigenvalue weighted by molar-refractivity contribution is 14.0. The van der Waals surface area contributed by atoms with Crippen molar-refractivity contribution in [2.75, 3.05) is 39.3 Å². The van der Waals surface area contributed by atoms with Crippen molar-refractivity contribution >= 4 is 29.9 Å². The van der Waals surface area contributed by atoms with E-state index in [1.165, 1.54) is 18.4 Å². The number of hydrogen-bond donors (Lipinski definition) is 1. The Morgan fingerprint density at radius 1 is 1.14 bits per heavy atom. The van der Waals surface area contributed by atoms with E-state index < -0.39 is 0 Å². The van der Waals surface area contributed by atoms with E-state index in [2.05, 4.69) is 57.5 Å². The molecule has 7 heteroatoms. The fourth-order valence-corrected chi connectivity index (χ4v) is 3.93. The third-order valence-electron chi connectivity index (χ3n) is 5.83. The molecule has 2 aliphatic rings. The number of piperazine rings is 1. The number of halogens is 1. The van der Waals surface area contributed by atoms with E-state index in [4.69, 9.17) is 9.52 Å². The van der Waals surface area contributed by atoms with Crippen LogP contribution in [0.1, 0.15) is 31.0 Å². The van der Waals surface area contributed by atoms with Crippen LogP contribution in [0.25, 0.3) is 0 Å². The van der Waals surface area contributed by atoms with Crippen LogP contribution >= 0.6 is 24.0 Å². The van der Waals surface area contributed by atoms with E-state index in [1.807, 2.05) is 6.07 Å². The van der Waals surface area contributed by atoms with Crippen LogP contribution in [0.5, 0.6) is 0 Å². The maximum Gasteiger partial charge on any atom is 0.194 e. The van der Waals surface area contributed by atoms with Gasteiger partial charge < -0.3 is 14.7 Å². The Morgan fingerprint density at radius 2 is 1.90 bits per heavy atom. The van der Waals surface area contributed by atoms with Gasteiger partial charge in [0.2, 0.25) is 0 Å². The van der Waals surface area contributed by atoms with E-state index >= 15 is 0 Å². The van der Waals surface area contributed by atoms with Gasteiger partial charge in [0, 0.05) is 51.9 Å². The van der Waals surface area contributed by atoms with Crippen molar-refractivity contribution in [3.63, 3.8) is 0 Å². The van der Waals surface area contributed by atoms with E-state index in [0.29, 0.717) is 5.41 Å². The zero-order chi connectivity index (χ0) is 19.2. The fourth-order valence-electron chi connectivity index (χ4n) is 3.93. The van der Waals surface area contributed by atoms with Crippen molar-refractivity contribution in [2.45, 2.75) is 32.7 Å². The van der Waals surface area contributed by atoms with Crippen LogP contribution < -0.4 is 5.32 Å². The van der Waals surface area contributed by atoms with Crippen LogP contribution in [0, 0.1) is 5.41 Å². The molecule has 1 saturated carbocycles. The lowest BCUT2D eigenvalue weighted by Gasteiger charge is -2.36. The van der Waals surface area contributed by atoms with Gasteiger partial charge in [0.15, 0.2) is 5.96 Å². The van der Waals surface area contributed by atoms with Crippen LogP contribution in [-0.4, -0.2) is 60.2 Å². The highest BCUT2D eigenvalue weighted by Gasteiger charge is 2.42. The second-order valence-corrected chi connectivity index (χ2v) is 8.09. The van der Waals surface area contributed by atoms with Crippen molar-refractivity contribution in [1.82, 2.24) is 20.3 Å². The molecule has 0 spiro atoms. The summed E-state index contributed by atoms with van der Waals surface area (Å²) in [7, 11) is 0. The second-order valence-electron chi connectivity index (χ2n) is 8.09. The molecule has 2 fully saturated rings. The first kappa shape index (κ1) is 22.1. The maximum atomic E-state index is 5.05. The number of rotatable bonds is 7. The number of nitrogens with zero attached hydrogens (tertiary/aromatic N) is 4. The second kappa shape index (κ2) is 10.4. The maximum absolute atomic E-state index is 5.05. The summed E-state index contributed by atoms with van der Waals surface area (Å²) in [6.07, 6.45) is 5.36. The molecule has 0 unspecified atom stereocenters. The van der Waals surface area contributed by atoms with Crippen molar-refractivity contribution in [3.8, 4) is 0 Å². The molecule has 0 atom stereocenters. The first-order valence-corrected chi connectivity index (χ1v) is 10.5. The molecule has 29 heavy (non-hydrogen) atoms.